The fourth-order valence-electron chi connectivity index (χ4n) is 5.63. The number of benzene rings is 2. The molecule has 2 aromatic carbocycles. The zero-order valence-corrected chi connectivity index (χ0v) is 23.0. The maximum Gasteiger partial charge on any atom is 0.423 e. The summed E-state index contributed by atoms with van der Waals surface area (Å²) in [6, 6.07) is 13.4. The van der Waals surface area contributed by atoms with Gasteiger partial charge in [-0.2, -0.15) is 4.90 Å². The smallest absolute Gasteiger partial charge is 0.423 e. The van der Waals surface area contributed by atoms with Crippen LogP contribution in [0, 0.1) is 0 Å². The third kappa shape index (κ3) is 6.94. The average Bonchev–Trinajstić information content (AvgIpc) is 3.46. The summed E-state index contributed by atoms with van der Waals surface area (Å²) in [4.78, 5) is 50.1. The van der Waals surface area contributed by atoms with Gasteiger partial charge in [0, 0.05) is 30.9 Å². The number of nitrogens with zero attached hydrogens (tertiary/aromatic N) is 1. The van der Waals surface area contributed by atoms with Crippen LogP contribution in [0.15, 0.2) is 42.5 Å². The third-order valence-corrected chi connectivity index (χ3v) is 7.75. The lowest BCUT2D eigenvalue weighted by Crippen LogP contribution is -2.36. The summed E-state index contributed by atoms with van der Waals surface area (Å²) in [5, 5.41) is 3.09. The molecule has 0 spiro atoms. The van der Waals surface area contributed by atoms with Gasteiger partial charge in [-0.1, -0.05) is 101 Å². The van der Waals surface area contributed by atoms with Crippen molar-refractivity contribution in [3.8, 4) is 11.1 Å². The van der Waals surface area contributed by atoms with E-state index in [1.807, 2.05) is 42.5 Å². The van der Waals surface area contributed by atoms with E-state index in [0.717, 1.165) is 35.1 Å². The van der Waals surface area contributed by atoms with E-state index in [-0.39, 0.29) is 31.3 Å². The number of ether oxygens (including phenoxy) is 1. The fraction of sp³-hybridized carbons (Fsp3) is 0.500. The second kappa shape index (κ2) is 14.1. The van der Waals surface area contributed by atoms with E-state index in [4.69, 9.17) is 4.74 Å². The molecule has 39 heavy (non-hydrogen) atoms. The van der Waals surface area contributed by atoms with Crippen molar-refractivity contribution in [2.24, 2.45) is 0 Å². The lowest BCUT2D eigenvalue weighted by Gasteiger charge is -2.17. The van der Waals surface area contributed by atoms with Crippen LogP contribution < -0.4 is 5.32 Å². The molecule has 208 valence electrons. The van der Waals surface area contributed by atoms with Crippen molar-refractivity contribution in [3.05, 3.63) is 59.2 Å². The summed E-state index contributed by atoms with van der Waals surface area (Å²) in [6.07, 6.45) is 11.6. The standard InChI is InChI=1S/C32H40N2O5/c1-2-3-4-5-6-7-8-9-10-13-21-33-31(37)26-18-14-17-25-27(23-15-11-12-16-24(23)30(25)26)22-39-32(38)34-28(35)19-20-29(34)36/h11-12,14-18,27H,2-10,13,19-22H2,1H3,(H,33,37). The number of fused-ring (bicyclic) bond motifs is 3. The largest absolute Gasteiger partial charge is 0.448 e. The van der Waals surface area contributed by atoms with Gasteiger partial charge in [-0.15, -0.1) is 0 Å². The van der Waals surface area contributed by atoms with Crippen molar-refractivity contribution < 1.29 is 23.9 Å². The second-order valence-electron chi connectivity index (χ2n) is 10.5. The third-order valence-electron chi connectivity index (χ3n) is 7.75. The topological polar surface area (TPSA) is 92.8 Å². The van der Waals surface area contributed by atoms with Crippen LogP contribution in [-0.2, 0) is 14.3 Å². The summed E-state index contributed by atoms with van der Waals surface area (Å²) in [7, 11) is 0. The molecule has 2 aromatic rings. The highest BCUT2D eigenvalue weighted by atomic mass is 16.6. The Morgan fingerprint density at radius 3 is 2.13 bits per heavy atom. The first-order chi connectivity index (χ1) is 19.0. The number of amides is 4. The van der Waals surface area contributed by atoms with Crippen molar-refractivity contribution in [2.75, 3.05) is 13.2 Å². The molecule has 1 aliphatic carbocycles. The molecule has 0 bridgehead atoms. The van der Waals surface area contributed by atoms with E-state index in [9.17, 15) is 19.2 Å². The summed E-state index contributed by atoms with van der Waals surface area (Å²) < 4.78 is 5.45. The van der Waals surface area contributed by atoms with Crippen LogP contribution in [0.5, 0.6) is 0 Å². The first-order valence-corrected chi connectivity index (χ1v) is 14.6. The van der Waals surface area contributed by atoms with Crippen LogP contribution in [0.4, 0.5) is 4.79 Å². The Balaban J connectivity index is 1.33. The van der Waals surface area contributed by atoms with Crippen molar-refractivity contribution in [1.82, 2.24) is 10.2 Å². The van der Waals surface area contributed by atoms with Gasteiger partial charge >= 0.3 is 6.09 Å². The maximum atomic E-state index is 13.2. The van der Waals surface area contributed by atoms with Crippen LogP contribution in [-0.4, -0.2) is 41.9 Å². The van der Waals surface area contributed by atoms with Crippen molar-refractivity contribution >= 4 is 23.8 Å². The summed E-state index contributed by atoms with van der Waals surface area (Å²) in [6.45, 7) is 2.86. The highest BCUT2D eigenvalue weighted by molar-refractivity contribution is 6.13. The quantitative estimate of drug-likeness (QED) is 0.215. The monoisotopic (exact) mass is 532 g/mol. The average molecular weight is 533 g/mol. The summed E-state index contributed by atoms with van der Waals surface area (Å²) >= 11 is 0. The number of rotatable bonds is 14. The highest BCUT2D eigenvalue weighted by Gasteiger charge is 2.37. The molecule has 0 aromatic heterocycles. The molecule has 7 nitrogen and oxygen atoms in total. The van der Waals surface area contributed by atoms with Crippen LogP contribution in [0.2, 0.25) is 0 Å². The molecule has 1 atom stereocenters. The van der Waals surface area contributed by atoms with Crippen LogP contribution in [0.25, 0.3) is 11.1 Å². The molecule has 0 saturated carbocycles. The Morgan fingerprint density at radius 1 is 0.821 bits per heavy atom. The number of likely N-dealkylation sites (tertiary alicyclic amines) is 1. The van der Waals surface area contributed by atoms with Crippen LogP contribution in [0.1, 0.15) is 111 Å². The molecular formula is C32H40N2O5. The molecule has 1 N–H and O–H groups in total. The Hall–Kier alpha value is -3.48. The van der Waals surface area contributed by atoms with Crippen molar-refractivity contribution in [1.29, 1.82) is 0 Å². The van der Waals surface area contributed by atoms with Crippen LogP contribution in [0.3, 0.4) is 0 Å². The first-order valence-electron chi connectivity index (χ1n) is 14.6. The minimum atomic E-state index is -0.932. The number of carbonyl (C=O) groups excluding carboxylic acids is 4. The predicted molar refractivity (Wildman–Crippen MR) is 150 cm³/mol. The van der Waals surface area contributed by atoms with E-state index < -0.39 is 17.9 Å². The van der Waals surface area contributed by atoms with Gasteiger partial charge in [0.25, 0.3) is 5.91 Å². The maximum absolute atomic E-state index is 13.2. The molecule has 1 saturated heterocycles. The van der Waals surface area contributed by atoms with Gasteiger partial charge in [-0.25, -0.2) is 4.79 Å². The lowest BCUT2D eigenvalue weighted by atomic mass is 9.96. The van der Waals surface area contributed by atoms with Gasteiger partial charge in [-0.05, 0) is 34.7 Å². The van der Waals surface area contributed by atoms with E-state index in [0.29, 0.717) is 17.0 Å². The van der Waals surface area contributed by atoms with E-state index >= 15 is 0 Å². The molecule has 0 radical (unpaired) electrons. The molecule has 1 fully saturated rings. The SMILES string of the molecule is CCCCCCCCCCCCNC(=O)c1cccc2c1-c1ccccc1C2COC(=O)N1C(=O)CCC1=O. The number of imide groups is 3. The predicted octanol–water partition coefficient (Wildman–Crippen LogP) is 6.74. The highest BCUT2D eigenvalue weighted by Crippen LogP contribution is 2.46. The van der Waals surface area contributed by atoms with E-state index in [1.54, 1.807) is 0 Å². The molecule has 1 unspecified atom stereocenters. The zero-order chi connectivity index (χ0) is 27.6. The van der Waals surface area contributed by atoms with Gasteiger partial charge in [0.2, 0.25) is 11.8 Å². The molecule has 2 aliphatic rings. The fourth-order valence-corrected chi connectivity index (χ4v) is 5.63. The van der Waals surface area contributed by atoms with Gasteiger partial charge in [0.15, 0.2) is 0 Å². The Morgan fingerprint density at radius 2 is 1.44 bits per heavy atom. The van der Waals surface area contributed by atoms with Gasteiger partial charge in [0.05, 0.1) is 0 Å². The number of carbonyl (C=O) groups is 4. The summed E-state index contributed by atoms with van der Waals surface area (Å²) in [5.41, 5.74) is 4.24. The first kappa shape index (κ1) is 28.5. The molecule has 4 rings (SSSR count). The number of nitrogens with one attached hydrogen (secondary N) is 1. The van der Waals surface area contributed by atoms with Gasteiger partial charge in [-0.3, -0.25) is 14.4 Å². The molecule has 1 heterocycles. The van der Waals surface area contributed by atoms with Crippen molar-refractivity contribution in [2.45, 2.75) is 89.9 Å². The van der Waals surface area contributed by atoms with Crippen molar-refractivity contribution in [3.63, 3.8) is 0 Å². The molecule has 7 heteroatoms. The number of unbranched alkanes of at least 4 members (excludes halogenated alkanes) is 9. The number of hydrogen-bond acceptors (Lipinski definition) is 5. The lowest BCUT2D eigenvalue weighted by molar-refractivity contribution is -0.136. The van der Waals surface area contributed by atoms with Crippen LogP contribution >= 0.6 is 0 Å². The normalized spacial score (nSPS) is 15.8. The zero-order valence-electron chi connectivity index (χ0n) is 23.0. The van der Waals surface area contributed by atoms with E-state index in [2.05, 4.69) is 12.2 Å². The minimum absolute atomic E-state index is 0.0242. The second-order valence-corrected chi connectivity index (χ2v) is 10.5. The molecular weight excluding hydrogens is 492 g/mol. The molecule has 1 aliphatic heterocycles. The number of hydrogen-bond donors (Lipinski definition) is 1. The van der Waals surface area contributed by atoms with Gasteiger partial charge in [0.1, 0.15) is 6.61 Å². The Kier molecular flexibility index (Phi) is 10.3. The summed E-state index contributed by atoms with van der Waals surface area (Å²) in [5.74, 6) is -1.46. The van der Waals surface area contributed by atoms with Gasteiger partial charge < -0.3 is 10.1 Å². The Bertz CT molecular complexity index is 1170. The van der Waals surface area contributed by atoms with E-state index in [1.165, 1.54) is 51.4 Å². The molecule has 4 amide bonds. The minimum Gasteiger partial charge on any atom is -0.448 e. The Labute approximate surface area is 231 Å².